The number of hydrogen-bond donors (Lipinski definition) is 0. The molecule has 0 heterocycles. The summed E-state index contributed by atoms with van der Waals surface area (Å²) in [5.41, 5.74) is 0. The van der Waals surface area contributed by atoms with Gasteiger partial charge in [-0.2, -0.15) is 4.31 Å². The van der Waals surface area contributed by atoms with Gasteiger partial charge in [0.25, 0.3) is 0 Å². The Kier molecular flexibility index (Phi) is 5.82. The molecule has 0 bridgehead atoms. The van der Waals surface area contributed by atoms with Crippen LogP contribution in [-0.2, 0) is 10.0 Å². The van der Waals surface area contributed by atoms with Crippen LogP contribution in [0.2, 0.25) is 0 Å². The second-order valence-electron chi connectivity index (χ2n) is 3.79. The predicted molar refractivity (Wildman–Crippen MR) is 69.2 cm³/mol. The minimum atomic E-state index is -4.32. The van der Waals surface area contributed by atoms with Crippen LogP contribution in [0.4, 0.5) is 13.2 Å². The van der Waals surface area contributed by atoms with E-state index in [1.54, 1.807) is 6.92 Å². The Labute approximate surface area is 118 Å². The van der Waals surface area contributed by atoms with Crippen molar-refractivity contribution < 1.29 is 21.6 Å². The maximum Gasteiger partial charge on any atom is 0.248 e. The topological polar surface area (TPSA) is 37.4 Å². The van der Waals surface area contributed by atoms with Gasteiger partial charge in [0.15, 0.2) is 4.90 Å². The fourth-order valence-corrected chi connectivity index (χ4v) is 3.89. The molecule has 0 saturated heterocycles. The number of benzene rings is 1. The zero-order chi connectivity index (χ0) is 14.6. The van der Waals surface area contributed by atoms with E-state index >= 15 is 0 Å². The van der Waals surface area contributed by atoms with E-state index in [0.29, 0.717) is 23.9 Å². The predicted octanol–water partition coefficient (Wildman–Crippen LogP) is 2.90. The summed E-state index contributed by atoms with van der Waals surface area (Å²) in [6.07, 6.45) is 0.497. The van der Waals surface area contributed by atoms with Crippen molar-refractivity contribution in [1.82, 2.24) is 4.31 Å². The quantitative estimate of drug-likeness (QED) is 0.732. The molecule has 108 valence electrons. The zero-order valence-electron chi connectivity index (χ0n) is 10.2. The van der Waals surface area contributed by atoms with Gasteiger partial charge in [-0.15, -0.1) is 0 Å². The van der Waals surface area contributed by atoms with Gasteiger partial charge in [0.05, 0.1) is 0 Å². The van der Waals surface area contributed by atoms with Crippen LogP contribution in [-0.4, -0.2) is 31.1 Å². The first-order chi connectivity index (χ1) is 8.84. The third-order valence-electron chi connectivity index (χ3n) is 2.37. The SMILES string of the molecule is CCCN(CCBr)S(=O)(=O)c1c(F)cc(F)cc1F. The smallest absolute Gasteiger partial charge is 0.207 e. The second-order valence-corrected chi connectivity index (χ2v) is 6.46. The summed E-state index contributed by atoms with van der Waals surface area (Å²) < 4.78 is 65.2. The number of nitrogens with zero attached hydrogens (tertiary/aromatic N) is 1. The van der Waals surface area contributed by atoms with E-state index in [2.05, 4.69) is 15.9 Å². The number of hydrogen-bond acceptors (Lipinski definition) is 2. The highest BCUT2D eigenvalue weighted by molar-refractivity contribution is 9.09. The van der Waals surface area contributed by atoms with Crippen molar-refractivity contribution in [3.05, 3.63) is 29.6 Å². The summed E-state index contributed by atoms with van der Waals surface area (Å²) in [6, 6.07) is 0.711. The lowest BCUT2D eigenvalue weighted by atomic mass is 10.3. The first-order valence-electron chi connectivity index (χ1n) is 5.55. The third kappa shape index (κ3) is 3.70. The van der Waals surface area contributed by atoms with Crippen LogP contribution >= 0.6 is 15.9 Å². The first-order valence-corrected chi connectivity index (χ1v) is 8.11. The number of rotatable bonds is 6. The van der Waals surface area contributed by atoms with Crippen LogP contribution in [0.15, 0.2) is 17.0 Å². The summed E-state index contributed by atoms with van der Waals surface area (Å²) in [4.78, 5) is -1.11. The molecule has 0 unspecified atom stereocenters. The molecule has 0 spiro atoms. The van der Waals surface area contributed by atoms with Crippen molar-refractivity contribution in [3.8, 4) is 0 Å². The van der Waals surface area contributed by atoms with E-state index < -0.39 is 32.4 Å². The monoisotopic (exact) mass is 359 g/mol. The zero-order valence-corrected chi connectivity index (χ0v) is 12.6. The Morgan fingerprint density at radius 1 is 1.16 bits per heavy atom. The van der Waals surface area contributed by atoms with Crippen LogP contribution in [0.5, 0.6) is 0 Å². The maximum atomic E-state index is 13.6. The van der Waals surface area contributed by atoms with Crippen molar-refractivity contribution in [2.24, 2.45) is 0 Å². The summed E-state index contributed by atoms with van der Waals surface area (Å²) in [6.45, 7) is 1.95. The van der Waals surface area contributed by atoms with Crippen LogP contribution < -0.4 is 0 Å². The van der Waals surface area contributed by atoms with Crippen molar-refractivity contribution in [2.45, 2.75) is 18.2 Å². The van der Waals surface area contributed by atoms with Crippen LogP contribution in [0.1, 0.15) is 13.3 Å². The maximum absolute atomic E-state index is 13.6. The molecule has 0 amide bonds. The van der Waals surface area contributed by atoms with Crippen molar-refractivity contribution in [2.75, 3.05) is 18.4 Å². The van der Waals surface area contributed by atoms with Gasteiger partial charge < -0.3 is 0 Å². The van der Waals surface area contributed by atoms with Crippen molar-refractivity contribution in [1.29, 1.82) is 0 Å². The van der Waals surface area contributed by atoms with Crippen LogP contribution in [0.25, 0.3) is 0 Å². The molecule has 19 heavy (non-hydrogen) atoms. The minimum absolute atomic E-state index is 0.0758. The third-order valence-corrected chi connectivity index (χ3v) is 4.67. The fourth-order valence-electron chi connectivity index (χ4n) is 1.60. The Morgan fingerprint density at radius 2 is 1.68 bits per heavy atom. The van der Waals surface area contributed by atoms with E-state index in [9.17, 15) is 21.6 Å². The van der Waals surface area contributed by atoms with Crippen LogP contribution in [0.3, 0.4) is 0 Å². The molecule has 1 aromatic rings. The highest BCUT2D eigenvalue weighted by Gasteiger charge is 2.30. The van der Waals surface area contributed by atoms with Gasteiger partial charge in [0.2, 0.25) is 10.0 Å². The van der Waals surface area contributed by atoms with Crippen molar-refractivity contribution >= 4 is 26.0 Å². The lowest BCUT2D eigenvalue weighted by Crippen LogP contribution is -2.34. The molecule has 0 aliphatic rings. The van der Waals surface area contributed by atoms with Gasteiger partial charge in [0, 0.05) is 30.6 Å². The summed E-state index contributed by atoms with van der Waals surface area (Å²) in [5.74, 6) is -4.00. The largest absolute Gasteiger partial charge is 0.248 e. The van der Waals surface area contributed by atoms with E-state index in [0.717, 1.165) is 4.31 Å². The number of sulfonamides is 1. The average molecular weight is 360 g/mol. The Morgan fingerprint density at radius 3 is 2.11 bits per heavy atom. The van der Waals surface area contributed by atoms with Gasteiger partial charge in [0.1, 0.15) is 17.5 Å². The standard InChI is InChI=1S/C11H13BrF3NO2S/c1-2-4-16(5-3-12)19(17,18)11-9(14)6-8(13)7-10(11)15/h6-7H,2-5H2,1H3. The fraction of sp³-hybridized carbons (Fsp3) is 0.455. The van der Waals surface area contributed by atoms with Crippen LogP contribution in [0, 0.1) is 17.5 Å². The molecule has 0 atom stereocenters. The molecular formula is C11H13BrF3NO2S. The molecule has 0 aliphatic heterocycles. The molecule has 0 N–H and O–H groups in total. The highest BCUT2D eigenvalue weighted by Crippen LogP contribution is 2.24. The van der Waals surface area contributed by atoms with E-state index in [1.165, 1.54) is 0 Å². The Balaban J connectivity index is 3.33. The molecule has 0 aromatic heterocycles. The summed E-state index contributed by atoms with van der Waals surface area (Å²) in [7, 11) is -4.32. The molecule has 1 aromatic carbocycles. The summed E-state index contributed by atoms with van der Waals surface area (Å²) >= 11 is 3.08. The number of halogens is 4. The lowest BCUT2D eigenvalue weighted by molar-refractivity contribution is 0.416. The van der Waals surface area contributed by atoms with Gasteiger partial charge in [-0.25, -0.2) is 21.6 Å². The molecule has 0 radical (unpaired) electrons. The lowest BCUT2D eigenvalue weighted by Gasteiger charge is -2.21. The minimum Gasteiger partial charge on any atom is -0.207 e. The molecule has 3 nitrogen and oxygen atoms in total. The molecule has 8 heteroatoms. The van der Waals surface area contributed by atoms with Gasteiger partial charge in [-0.1, -0.05) is 22.9 Å². The molecule has 0 aliphatic carbocycles. The van der Waals surface area contributed by atoms with E-state index in [1.807, 2.05) is 0 Å². The van der Waals surface area contributed by atoms with Gasteiger partial charge >= 0.3 is 0 Å². The average Bonchev–Trinajstić information content (AvgIpc) is 2.26. The van der Waals surface area contributed by atoms with E-state index in [-0.39, 0.29) is 13.1 Å². The summed E-state index contributed by atoms with van der Waals surface area (Å²) in [5, 5.41) is 0.330. The molecule has 1 rings (SSSR count). The van der Waals surface area contributed by atoms with Gasteiger partial charge in [-0.05, 0) is 6.42 Å². The Hall–Kier alpha value is -0.600. The normalized spacial score (nSPS) is 12.1. The molecule has 0 saturated carbocycles. The number of alkyl halides is 1. The first kappa shape index (κ1) is 16.5. The Bertz CT molecular complexity index is 522. The van der Waals surface area contributed by atoms with E-state index in [4.69, 9.17) is 0 Å². The highest BCUT2D eigenvalue weighted by atomic mass is 79.9. The second kappa shape index (κ2) is 6.71. The van der Waals surface area contributed by atoms with Crippen molar-refractivity contribution in [3.63, 3.8) is 0 Å². The molecular weight excluding hydrogens is 347 g/mol. The van der Waals surface area contributed by atoms with Gasteiger partial charge in [-0.3, -0.25) is 0 Å². The molecule has 0 fully saturated rings.